The third kappa shape index (κ3) is 3.14. The Morgan fingerprint density at radius 2 is 2.00 bits per heavy atom. The highest BCUT2D eigenvalue weighted by Gasteiger charge is 2.27. The molecule has 6 nitrogen and oxygen atoms in total. The Balaban J connectivity index is 2.07. The fourth-order valence-corrected chi connectivity index (χ4v) is 2.32. The first-order valence-corrected chi connectivity index (χ1v) is 6.37. The van der Waals surface area contributed by atoms with Gasteiger partial charge in [-0.05, 0) is 24.6 Å². The molecule has 6 heteroatoms. The molecular weight excluding hydrogens is 260 g/mol. The Bertz CT molecular complexity index is 556. The Labute approximate surface area is 116 Å². The van der Waals surface area contributed by atoms with Gasteiger partial charge in [0, 0.05) is 31.6 Å². The van der Waals surface area contributed by atoms with Crippen molar-refractivity contribution in [3.05, 3.63) is 35.4 Å². The lowest BCUT2D eigenvalue weighted by Gasteiger charge is -2.17. The predicted octanol–water partition coefficient (Wildman–Crippen LogP) is 0.735. The number of amides is 2. The molecule has 0 spiro atoms. The van der Waals surface area contributed by atoms with Crippen LogP contribution in [0.3, 0.4) is 0 Å². The quantitative estimate of drug-likeness (QED) is 0.852. The molecule has 0 aromatic heterocycles. The van der Waals surface area contributed by atoms with Gasteiger partial charge in [0.25, 0.3) is 5.91 Å². The van der Waals surface area contributed by atoms with Crippen LogP contribution in [-0.4, -0.2) is 46.9 Å². The molecule has 1 unspecified atom stereocenters. The number of aromatic carboxylic acids is 1. The van der Waals surface area contributed by atoms with E-state index in [1.54, 1.807) is 17.0 Å². The van der Waals surface area contributed by atoms with Crippen LogP contribution in [0.5, 0.6) is 0 Å². The molecule has 0 radical (unpaired) electrons. The van der Waals surface area contributed by atoms with Crippen molar-refractivity contribution < 1.29 is 19.5 Å². The minimum atomic E-state index is -1.06. The standard InChI is InChI=1S/C14H16N2O4/c1-9(17)15-12-5-6-16(8-12)13(18)10-3-2-4-11(7-10)14(19)20/h2-4,7,12H,5-6,8H2,1H3,(H,15,17)(H,19,20). The smallest absolute Gasteiger partial charge is 0.335 e. The number of likely N-dealkylation sites (tertiary alicyclic amines) is 1. The monoisotopic (exact) mass is 276 g/mol. The Kier molecular flexibility index (Phi) is 4.02. The maximum atomic E-state index is 12.3. The van der Waals surface area contributed by atoms with E-state index in [0.717, 1.165) is 0 Å². The molecule has 1 aliphatic rings. The van der Waals surface area contributed by atoms with Gasteiger partial charge in [0.2, 0.25) is 5.91 Å². The fraction of sp³-hybridized carbons (Fsp3) is 0.357. The van der Waals surface area contributed by atoms with Crippen molar-refractivity contribution in [2.24, 2.45) is 0 Å². The van der Waals surface area contributed by atoms with Gasteiger partial charge in [-0.3, -0.25) is 9.59 Å². The second kappa shape index (κ2) is 5.73. The first-order chi connectivity index (χ1) is 9.47. The number of carboxylic acids is 1. The molecule has 20 heavy (non-hydrogen) atoms. The lowest BCUT2D eigenvalue weighted by Crippen LogP contribution is -2.37. The summed E-state index contributed by atoms with van der Waals surface area (Å²) in [6, 6.07) is 5.94. The number of rotatable bonds is 3. The van der Waals surface area contributed by atoms with E-state index in [9.17, 15) is 14.4 Å². The second-order valence-corrected chi connectivity index (χ2v) is 4.82. The highest BCUT2D eigenvalue weighted by Crippen LogP contribution is 2.15. The van der Waals surface area contributed by atoms with E-state index >= 15 is 0 Å². The minimum Gasteiger partial charge on any atom is -0.478 e. The molecule has 1 aromatic carbocycles. The Morgan fingerprint density at radius 3 is 2.65 bits per heavy atom. The van der Waals surface area contributed by atoms with Crippen LogP contribution in [0, 0.1) is 0 Å². The molecule has 1 aliphatic heterocycles. The van der Waals surface area contributed by atoms with Gasteiger partial charge in [-0.1, -0.05) is 6.07 Å². The summed E-state index contributed by atoms with van der Waals surface area (Å²) in [6.45, 7) is 2.46. The average molecular weight is 276 g/mol. The number of carbonyl (C=O) groups is 3. The van der Waals surface area contributed by atoms with Crippen LogP contribution in [-0.2, 0) is 4.79 Å². The normalized spacial score (nSPS) is 17.9. The first-order valence-electron chi connectivity index (χ1n) is 6.37. The van der Waals surface area contributed by atoms with Gasteiger partial charge in [-0.2, -0.15) is 0 Å². The molecule has 106 valence electrons. The number of hydrogen-bond acceptors (Lipinski definition) is 3. The molecule has 1 heterocycles. The summed E-state index contributed by atoms with van der Waals surface area (Å²) in [7, 11) is 0. The molecule has 2 amide bonds. The number of benzene rings is 1. The van der Waals surface area contributed by atoms with Crippen LogP contribution in [0.15, 0.2) is 24.3 Å². The lowest BCUT2D eigenvalue weighted by atomic mass is 10.1. The maximum Gasteiger partial charge on any atom is 0.335 e. The van der Waals surface area contributed by atoms with Crippen molar-refractivity contribution in [2.75, 3.05) is 13.1 Å². The van der Waals surface area contributed by atoms with Gasteiger partial charge >= 0.3 is 5.97 Å². The molecule has 2 rings (SSSR count). The molecule has 1 fully saturated rings. The van der Waals surface area contributed by atoms with Gasteiger partial charge in [0.05, 0.1) is 5.56 Å². The summed E-state index contributed by atoms with van der Waals surface area (Å²) in [4.78, 5) is 35.8. The van der Waals surface area contributed by atoms with E-state index < -0.39 is 5.97 Å². The average Bonchev–Trinajstić information content (AvgIpc) is 2.85. The Morgan fingerprint density at radius 1 is 1.30 bits per heavy atom. The van der Waals surface area contributed by atoms with E-state index in [1.165, 1.54) is 19.1 Å². The molecule has 0 aliphatic carbocycles. The van der Waals surface area contributed by atoms with Crippen molar-refractivity contribution in [2.45, 2.75) is 19.4 Å². The SMILES string of the molecule is CC(=O)NC1CCN(C(=O)c2cccc(C(=O)O)c2)C1. The van der Waals surface area contributed by atoms with Crippen molar-refractivity contribution in [1.82, 2.24) is 10.2 Å². The maximum absolute atomic E-state index is 12.3. The summed E-state index contributed by atoms with van der Waals surface area (Å²) >= 11 is 0. The molecular formula is C14H16N2O4. The summed E-state index contributed by atoms with van der Waals surface area (Å²) in [5, 5.41) is 11.7. The minimum absolute atomic E-state index is 0.0286. The largest absolute Gasteiger partial charge is 0.478 e. The number of carboxylic acid groups (broad SMARTS) is 1. The molecule has 1 aromatic rings. The van der Waals surface area contributed by atoms with Crippen molar-refractivity contribution >= 4 is 17.8 Å². The van der Waals surface area contributed by atoms with E-state index in [4.69, 9.17) is 5.11 Å². The summed E-state index contributed by atoms with van der Waals surface area (Å²) in [5.41, 5.74) is 0.446. The summed E-state index contributed by atoms with van der Waals surface area (Å²) in [5.74, 6) is -1.38. The van der Waals surface area contributed by atoms with E-state index in [1.807, 2.05) is 0 Å². The van der Waals surface area contributed by atoms with Gasteiger partial charge in [-0.25, -0.2) is 4.79 Å². The summed E-state index contributed by atoms with van der Waals surface area (Å²) in [6.07, 6.45) is 0.712. The Hall–Kier alpha value is -2.37. The molecule has 2 N–H and O–H groups in total. The van der Waals surface area contributed by atoms with Crippen LogP contribution >= 0.6 is 0 Å². The van der Waals surface area contributed by atoms with Crippen LogP contribution in [0.25, 0.3) is 0 Å². The topological polar surface area (TPSA) is 86.7 Å². The van der Waals surface area contributed by atoms with E-state index in [-0.39, 0.29) is 23.4 Å². The van der Waals surface area contributed by atoms with E-state index in [0.29, 0.717) is 25.1 Å². The number of hydrogen-bond donors (Lipinski definition) is 2. The van der Waals surface area contributed by atoms with Crippen molar-refractivity contribution in [3.8, 4) is 0 Å². The second-order valence-electron chi connectivity index (χ2n) is 4.82. The van der Waals surface area contributed by atoms with Crippen LogP contribution < -0.4 is 5.32 Å². The molecule has 0 saturated carbocycles. The highest BCUT2D eigenvalue weighted by atomic mass is 16.4. The highest BCUT2D eigenvalue weighted by molar-refractivity contribution is 5.97. The zero-order valence-corrected chi connectivity index (χ0v) is 11.1. The number of carbonyl (C=O) groups excluding carboxylic acids is 2. The molecule has 1 atom stereocenters. The van der Waals surface area contributed by atoms with E-state index in [2.05, 4.69) is 5.32 Å². The van der Waals surface area contributed by atoms with Crippen molar-refractivity contribution in [3.63, 3.8) is 0 Å². The molecule has 0 bridgehead atoms. The van der Waals surface area contributed by atoms with Crippen molar-refractivity contribution in [1.29, 1.82) is 0 Å². The fourth-order valence-electron chi connectivity index (χ4n) is 2.32. The van der Waals surface area contributed by atoms with Crippen LogP contribution in [0.1, 0.15) is 34.1 Å². The van der Waals surface area contributed by atoms with Crippen LogP contribution in [0.4, 0.5) is 0 Å². The van der Waals surface area contributed by atoms with Gasteiger partial charge in [0.1, 0.15) is 0 Å². The molecule has 1 saturated heterocycles. The van der Waals surface area contributed by atoms with Gasteiger partial charge in [0.15, 0.2) is 0 Å². The third-order valence-corrected chi connectivity index (χ3v) is 3.24. The van der Waals surface area contributed by atoms with Crippen LogP contribution in [0.2, 0.25) is 0 Å². The predicted molar refractivity (Wildman–Crippen MR) is 71.5 cm³/mol. The lowest BCUT2D eigenvalue weighted by molar-refractivity contribution is -0.119. The first kappa shape index (κ1) is 14.0. The van der Waals surface area contributed by atoms with Gasteiger partial charge < -0.3 is 15.3 Å². The number of nitrogens with one attached hydrogen (secondary N) is 1. The summed E-state index contributed by atoms with van der Waals surface area (Å²) < 4.78 is 0. The zero-order valence-electron chi connectivity index (χ0n) is 11.1. The third-order valence-electron chi connectivity index (χ3n) is 3.24. The zero-order chi connectivity index (χ0) is 14.7. The number of nitrogens with zero attached hydrogens (tertiary/aromatic N) is 1. The van der Waals surface area contributed by atoms with Gasteiger partial charge in [-0.15, -0.1) is 0 Å².